The van der Waals surface area contributed by atoms with Crippen molar-refractivity contribution in [3.8, 4) is 0 Å². The summed E-state index contributed by atoms with van der Waals surface area (Å²) in [5, 5.41) is 4.48. The van der Waals surface area contributed by atoms with Crippen LogP contribution in [0.4, 0.5) is 0 Å². The highest BCUT2D eigenvalue weighted by atomic mass is 16.2. The van der Waals surface area contributed by atoms with Gasteiger partial charge >= 0.3 is 0 Å². The Balaban J connectivity index is 1.70. The molecule has 1 heterocycles. The number of hydrogen-bond acceptors (Lipinski definition) is 2. The molecule has 4 rings (SSSR count). The zero-order chi connectivity index (χ0) is 22.0. The molecule has 4 nitrogen and oxygen atoms in total. The van der Waals surface area contributed by atoms with E-state index in [1.54, 1.807) is 0 Å². The number of rotatable bonds is 6. The van der Waals surface area contributed by atoms with Crippen molar-refractivity contribution in [2.75, 3.05) is 0 Å². The molecule has 3 aromatic carbocycles. The fraction of sp³-hybridized carbons (Fsp3) is 0.259. The monoisotopic (exact) mass is 412 g/mol. The quantitative estimate of drug-likeness (QED) is 0.441. The molecule has 0 aliphatic carbocycles. The molecule has 1 amide bonds. The predicted molar refractivity (Wildman–Crippen MR) is 127 cm³/mol. The van der Waals surface area contributed by atoms with Gasteiger partial charge in [0, 0.05) is 10.8 Å². The number of benzene rings is 3. The molecule has 0 saturated heterocycles. The second-order valence-electron chi connectivity index (χ2n) is 8.33. The standard InChI is InChI=1S/C27H28N2O2/c1-4-19-13-15-20(16-14-19)26(18(2)3)28-25(30)17-29-23-11-7-5-9-21(23)27(31)22-10-6-8-12-24(22)29/h5-16,18,26H,4,17H2,1-3H3,(H,28,30). The van der Waals surface area contributed by atoms with Crippen molar-refractivity contribution in [2.45, 2.75) is 39.8 Å². The summed E-state index contributed by atoms with van der Waals surface area (Å²) in [6, 6.07) is 23.4. The van der Waals surface area contributed by atoms with E-state index in [4.69, 9.17) is 0 Å². The minimum absolute atomic E-state index is 0.000992. The lowest BCUT2D eigenvalue weighted by Crippen LogP contribution is -2.34. The van der Waals surface area contributed by atoms with Crippen molar-refractivity contribution in [3.05, 3.63) is 94.1 Å². The van der Waals surface area contributed by atoms with Gasteiger partial charge in [-0.15, -0.1) is 0 Å². The van der Waals surface area contributed by atoms with Gasteiger partial charge in [-0.05, 0) is 47.7 Å². The number of aryl methyl sites for hydroxylation is 1. The first kappa shape index (κ1) is 20.9. The first-order valence-corrected chi connectivity index (χ1v) is 10.9. The van der Waals surface area contributed by atoms with E-state index >= 15 is 0 Å². The van der Waals surface area contributed by atoms with E-state index in [0.717, 1.165) is 23.0 Å². The van der Waals surface area contributed by atoms with E-state index in [2.05, 4.69) is 50.4 Å². The van der Waals surface area contributed by atoms with Gasteiger partial charge in [0.2, 0.25) is 5.91 Å². The van der Waals surface area contributed by atoms with Gasteiger partial charge < -0.3 is 9.88 Å². The van der Waals surface area contributed by atoms with Crippen LogP contribution in [0.3, 0.4) is 0 Å². The van der Waals surface area contributed by atoms with E-state index in [9.17, 15) is 9.59 Å². The smallest absolute Gasteiger partial charge is 0.240 e. The molecule has 1 atom stereocenters. The summed E-state index contributed by atoms with van der Waals surface area (Å²) in [7, 11) is 0. The van der Waals surface area contributed by atoms with Crippen LogP contribution in [0.1, 0.15) is 37.9 Å². The number of pyridine rings is 1. The van der Waals surface area contributed by atoms with Gasteiger partial charge in [-0.3, -0.25) is 9.59 Å². The molecular formula is C27H28N2O2. The number of amides is 1. The van der Waals surface area contributed by atoms with E-state index in [1.807, 2.05) is 53.1 Å². The highest BCUT2D eigenvalue weighted by molar-refractivity contribution is 5.94. The lowest BCUT2D eigenvalue weighted by atomic mass is 9.95. The summed E-state index contributed by atoms with van der Waals surface area (Å²) in [6.45, 7) is 6.51. The lowest BCUT2D eigenvalue weighted by molar-refractivity contribution is -0.122. The van der Waals surface area contributed by atoms with Crippen molar-refractivity contribution < 1.29 is 4.79 Å². The average molecular weight is 413 g/mol. The Morgan fingerprint density at radius 3 is 1.94 bits per heavy atom. The molecule has 1 aromatic heterocycles. The Morgan fingerprint density at radius 2 is 1.42 bits per heavy atom. The number of carbonyl (C=O) groups is 1. The maximum absolute atomic E-state index is 13.2. The van der Waals surface area contributed by atoms with Crippen LogP contribution in [0.2, 0.25) is 0 Å². The maximum Gasteiger partial charge on any atom is 0.240 e. The molecule has 0 fully saturated rings. The van der Waals surface area contributed by atoms with E-state index < -0.39 is 0 Å². The van der Waals surface area contributed by atoms with E-state index in [-0.39, 0.29) is 29.8 Å². The number of carbonyl (C=O) groups excluding carboxylic acids is 1. The molecule has 0 bridgehead atoms. The van der Waals surface area contributed by atoms with Gasteiger partial charge in [0.25, 0.3) is 0 Å². The Hall–Kier alpha value is -3.40. The van der Waals surface area contributed by atoms with E-state index in [1.165, 1.54) is 5.56 Å². The summed E-state index contributed by atoms with van der Waals surface area (Å²) in [5.41, 5.74) is 3.93. The number of hydrogen-bond donors (Lipinski definition) is 1. The highest BCUT2D eigenvalue weighted by Gasteiger charge is 2.20. The molecule has 1 N–H and O–H groups in total. The molecule has 0 radical (unpaired) electrons. The zero-order valence-corrected chi connectivity index (χ0v) is 18.3. The van der Waals surface area contributed by atoms with Crippen molar-refractivity contribution in [3.63, 3.8) is 0 Å². The third-order valence-corrected chi connectivity index (χ3v) is 5.91. The summed E-state index contributed by atoms with van der Waals surface area (Å²) >= 11 is 0. The Kier molecular flexibility index (Phi) is 5.90. The Morgan fingerprint density at radius 1 is 0.871 bits per heavy atom. The minimum atomic E-state index is -0.0738. The third-order valence-electron chi connectivity index (χ3n) is 5.91. The van der Waals surface area contributed by atoms with Gasteiger partial charge in [-0.25, -0.2) is 0 Å². The van der Waals surface area contributed by atoms with Crippen molar-refractivity contribution in [2.24, 2.45) is 5.92 Å². The fourth-order valence-electron chi connectivity index (χ4n) is 4.21. The van der Waals surface area contributed by atoms with Gasteiger partial charge in [-0.2, -0.15) is 0 Å². The Bertz CT molecular complexity index is 1230. The van der Waals surface area contributed by atoms with Crippen molar-refractivity contribution in [1.82, 2.24) is 9.88 Å². The zero-order valence-electron chi connectivity index (χ0n) is 18.3. The summed E-state index contributed by atoms with van der Waals surface area (Å²) in [6.07, 6.45) is 0.992. The predicted octanol–water partition coefficient (Wildman–Crippen LogP) is 5.23. The SMILES string of the molecule is CCc1ccc(C(NC(=O)Cn2c3ccccc3c(=O)c3ccccc32)C(C)C)cc1. The highest BCUT2D eigenvalue weighted by Crippen LogP contribution is 2.23. The molecule has 1 unspecified atom stereocenters. The summed E-state index contributed by atoms with van der Waals surface area (Å²) in [5.74, 6) is 0.177. The first-order chi connectivity index (χ1) is 15.0. The minimum Gasteiger partial charge on any atom is -0.347 e. The van der Waals surface area contributed by atoms with Crippen molar-refractivity contribution in [1.29, 1.82) is 0 Å². The van der Waals surface area contributed by atoms with Crippen LogP contribution >= 0.6 is 0 Å². The molecule has 0 spiro atoms. The molecule has 0 aliphatic rings. The lowest BCUT2D eigenvalue weighted by Gasteiger charge is -2.24. The fourth-order valence-corrected chi connectivity index (χ4v) is 4.21. The number of aromatic nitrogens is 1. The van der Waals surface area contributed by atoms with E-state index in [0.29, 0.717) is 10.8 Å². The number of nitrogens with zero attached hydrogens (tertiary/aromatic N) is 1. The van der Waals surface area contributed by atoms with Crippen LogP contribution in [0.25, 0.3) is 21.8 Å². The third kappa shape index (κ3) is 4.11. The number of para-hydroxylation sites is 2. The maximum atomic E-state index is 13.2. The average Bonchev–Trinajstić information content (AvgIpc) is 2.80. The normalized spacial score (nSPS) is 12.4. The van der Waals surface area contributed by atoms with Crippen LogP contribution in [0.5, 0.6) is 0 Å². The summed E-state index contributed by atoms with van der Waals surface area (Å²) < 4.78 is 1.94. The number of fused-ring (bicyclic) bond motifs is 2. The second-order valence-corrected chi connectivity index (χ2v) is 8.33. The summed E-state index contributed by atoms with van der Waals surface area (Å²) in [4.78, 5) is 26.1. The molecule has 4 heteroatoms. The van der Waals surface area contributed by atoms with Crippen LogP contribution < -0.4 is 10.7 Å². The van der Waals surface area contributed by atoms with Gasteiger partial charge in [0.05, 0.1) is 17.1 Å². The topological polar surface area (TPSA) is 51.1 Å². The van der Waals surface area contributed by atoms with Gasteiger partial charge in [-0.1, -0.05) is 69.3 Å². The van der Waals surface area contributed by atoms with Crippen LogP contribution in [0, 0.1) is 5.92 Å². The van der Waals surface area contributed by atoms with Gasteiger partial charge in [0.15, 0.2) is 5.43 Å². The molecule has 0 aliphatic heterocycles. The Labute approximate surface area is 182 Å². The first-order valence-electron chi connectivity index (χ1n) is 10.9. The molecule has 4 aromatic rings. The molecule has 31 heavy (non-hydrogen) atoms. The van der Waals surface area contributed by atoms with Crippen molar-refractivity contribution >= 4 is 27.7 Å². The van der Waals surface area contributed by atoms with Crippen LogP contribution in [0.15, 0.2) is 77.6 Å². The largest absolute Gasteiger partial charge is 0.347 e. The van der Waals surface area contributed by atoms with Gasteiger partial charge in [0.1, 0.15) is 6.54 Å². The number of nitrogens with one attached hydrogen (secondary N) is 1. The van der Waals surface area contributed by atoms with Crippen LogP contribution in [-0.2, 0) is 17.8 Å². The van der Waals surface area contributed by atoms with Crippen LogP contribution in [-0.4, -0.2) is 10.5 Å². The molecule has 0 saturated carbocycles. The second kappa shape index (κ2) is 8.76. The molecular weight excluding hydrogens is 384 g/mol. The molecule has 158 valence electrons.